The van der Waals surface area contributed by atoms with E-state index in [0.29, 0.717) is 50.1 Å². The van der Waals surface area contributed by atoms with Crippen molar-refractivity contribution in [3.8, 4) is 10.9 Å². The van der Waals surface area contributed by atoms with E-state index in [9.17, 15) is 4.79 Å². The lowest BCUT2D eigenvalue weighted by atomic mass is 10.0. The maximum atomic E-state index is 12.7. The van der Waals surface area contributed by atoms with E-state index in [1.54, 1.807) is 0 Å². The van der Waals surface area contributed by atoms with Crippen LogP contribution in [0, 0.1) is 0 Å². The normalized spacial score (nSPS) is 17.6. The van der Waals surface area contributed by atoms with E-state index in [-0.39, 0.29) is 5.91 Å². The molecule has 8 heteroatoms. The molecule has 0 atom stereocenters. The number of nitrogens with zero attached hydrogens (tertiary/aromatic N) is 3. The maximum Gasteiger partial charge on any atom is 0.298 e. The topological polar surface area (TPSA) is 73.8 Å². The minimum atomic E-state index is -0.457. The van der Waals surface area contributed by atoms with Gasteiger partial charge in [-0.25, -0.2) is 0 Å². The fraction of sp³-hybridized carbons (Fsp3) is 0.375. The van der Waals surface area contributed by atoms with Crippen molar-refractivity contribution in [3.05, 3.63) is 71.5 Å². The van der Waals surface area contributed by atoms with Gasteiger partial charge in [0.25, 0.3) is 5.19 Å². The third kappa shape index (κ3) is 4.98. The molecule has 7 nitrogen and oxygen atoms in total. The van der Waals surface area contributed by atoms with E-state index in [1.165, 1.54) is 11.5 Å². The highest BCUT2D eigenvalue weighted by atomic mass is 32.1. The molecule has 2 saturated heterocycles. The molecule has 2 aliphatic heterocycles. The van der Waals surface area contributed by atoms with Crippen LogP contribution in [-0.4, -0.2) is 52.3 Å². The summed E-state index contributed by atoms with van der Waals surface area (Å²) in [6, 6.07) is 17.7. The molecule has 3 heterocycles. The minimum absolute atomic E-state index is 0.126. The van der Waals surface area contributed by atoms with Crippen LogP contribution in [0.15, 0.2) is 54.6 Å². The van der Waals surface area contributed by atoms with Gasteiger partial charge in [0, 0.05) is 43.9 Å². The monoisotopic (exact) mass is 451 g/mol. The Hall–Kier alpha value is -2.81. The van der Waals surface area contributed by atoms with Gasteiger partial charge in [0.1, 0.15) is 5.75 Å². The van der Waals surface area contributed by atoms with Crippen molar-refractivity contribution < 1.29 is 19.0 Å². The summed E-state index contributed by atoms with van der Waals surface area (Å²) in [5, 5.41) is 0.512. The average Bonchev–Trinajstić information content (AvgIpc) is 3.46. The van der Waals surface area contributed by atoms with E-state index < -0.39 is 5.79 Å². The van der Waals surface area contributed by atoms with Gasteiger partial charge >= 0.3 is 0 Å². The molecule has 1 spiro atoms. The van der Waals surface area contributed by atoms with Gasteiger partial charge < -0.3 is 19.1 Å². The lowest BCUT2D eigenvalue weighted by Crippen LogP contribution is -2.47. The molecule has 166 valence electrons. The number of carbonyl (C=O) groups is 1. The number of hydrogen-bond acceptors (Lipinski definition) is 7. The SMILES string of the molecule is O=C(Cc1ccc(Oc2nc(Cc3ccccc3)ns2)cc1)N1CCC2(CC1)OCCO2. The second kappa shape index (κ2) is 9.36. The Morgan fingerprint density at radius 3 is 2.44 bits per heavy atom. The van der Waals surface area contributed by atoms with Crippen molar-refractivity contribution in [2.45, 2.75) is 31.5 Å². The quantitative estimate of drug-likeness (QED) is 0.567. The summed E-state index contributed by atoms with van der Waals surface area (Å²) in [6.45, 7) is 2.63. The first-order chi connectivity index (χ1) is 15.7. The van der Waals surface area contributed by atoms with Crippen LogP contribution in [0.2, 0.25) is 0 Å². The number of likely N-dealkylation sites (tertiary alicyclic amines) is 1. The van der Waals surface area contributed by atoms with Crippen molar-refractivity contribution in [2.24, 2.45) is 0 Å². The zero-order valence-electron chi connectivity index (χ0n) is 17.7. The fourth-order valence-electron chi connectivity index (χ4n) is 4.07. The standard InChI is InChI=1S/C24H25N3O4S/c28-22(27-12-10-24(11-13-27)29-14-15-30-24)17-19-6-8-20(9-7-19)31-23-25-21(26-32-23)16-18-4-2-1-3-5-18/h1-9H,10-17H2. The summed E-state index contributed by atoms with van der Waals surface area (Å²) in [5.41, 5.74) is 2.12. The maximum absolute atomic E-state index is 12.7. The van der Waals surface area contributed by atoms with E-state index in [1.807, 2.05) is 47.4 Å². The van der Waals surface area contributed by atoms with Crippen LogP contribution in [0.25, 0.3) is 0 Å². The first-order valence-electron chi connectivity index (χ1n) is 10.9. The number of piperidine rings is 1. The predicted octanol–water partition coefficient (Wildman–Crippen LogP) is 3.83. The van der Waals surface area contributed by atoms with E-state index >= 15 is 0 Å². The van der Waals surface area contributed by atoms with Gasteiger partial charge in [0.05, 0.1) is 19.6 Å². The second-order valence-electron chi connectivity index (χ2n) is 8.05. The molecule has 0 radical (unpaired) electrons. The third-order valence-electron chi connectivity index (χ3n) is 5.83. The van der Waals surface area contributed by atoms with Crippen molar-refractivity contribution in [3.63, 3.8) is 0 Å². The highest BCUT2D eigenvalue weighted by molar-refractivity contribution is 7.07. The molecule has 0 saturated carbocycles. The van der Waals surface area contributed by atoms with Crippen molar-refractivity contribution >= 4 is 17.4 Å². The lowest BCUT2D eigenvalue weighted by Gasteiger charge is -2.37. The number of amides is 1. The zero-order valence-corrected chi connectivity index (χ0v) is 18.6. The van der Waals surface area contributed by atoms with Gasteiger partial charge in [0.15, 0.2) is 11.6 Å². The molecule has 0 aliphatic carbocycles. The average molecular weight is 452 g/mol. The number of rotatable bonds is 6. The molecule has 0 N–H and O–H groups in total. The summed E-state index contributed by atoms with van der Waals surface area (Å²) < 4.78 is 21.7. The van der Waals surface area contributed by atoms with Crippen molar-refractivity contribution in [1.82, 2.24) is 14.3 Å². The molecule has 2 fully saturated rings. The summed E-state index contributed by atoms with van der Waals surface area (Å²) in [7, 11) is 0. The minimum Gasteiger partial charge on any atom is -0.430 e. The summed E-state index contributed by atoms with van der Waals surface area (Å²) in [4.78, 5) is 19.1. The molecular formula is C24H25N3O4S. The molecule has 3 aromatic rings. The number of benzene rings is 2. The molecule has 1 aromatic heterocycles. The molecule has 32 heavy (non-hydrogen) atoms. The van der Waals surface area contributed by atoms with Crippen LogP contribution in [0.1, 0.15) is 29.8 Å². The van der Waals surface area contributed by atoms with Gasteiger partial charge in [-0.2, -0.15) is 9.36 Å². The van der Waals surface area contributed by atoms with Crippen LogP contribution >= 0.6 is 11.5 Å². The van der Waals surface area contributed by atoms with E-state index in [0.717, 1.165) is 29.8 Å². The highest BCUT2D eigenvalue weighted by Crippen LogP contribution is 2.31. The number of carbonyl (C=O) groups excluding carboxylic acids is 1. The number of aromatic nitrogens is 2. The van der Waals surface area contributed by atoms with Gasteiger partial charge in [-0.1, -0.05) is 42.5 Å². The Morgan fingerprint density at radius 2 is 1.72 bits per heavy atom. The Labute approximate surface area is 191 Å². The molecule has 5 rings (SSSR count). The highest BCUT2D eigenvalue weighted by Gasteiger charge is 2.40. The molecule has 0 unspecified atom stereocenters. The van der Waals surface area contributed by atoms with Crippen molar-refractivity contribution in [2.75, 3.05) is 26.3 Å². The van der Waals surface area contributed by atoms with Gasteiger partial charge in [-0.15, -0.1) is 0 Å². The van der Waals surface area contributed by atoms with Crippen molar-refractivity contribution in [1.29, 1.82) is 0 Å². The van der Waals surface area contributed by atoms with Gasteiger partial charge in [-0.3, -0.25) is 4.79 Å². The first-order valence-corrected chi connectivity index (χ1v) is 11.6. The Kier molecular flexibility index (Phi) is 6.16. The molecule has 1 amide bonds. The first kappa shape index (κ1) is 21.1. The number of ether oxygens (including phenoxy) is 3. The molecular weight excluding hydrogens is 426 g/mol. The lowest BCUT2D eigenvalue weighted by molar-refractivity contribution is -0.187. The molecule has 2 aliphatic rings. The predicted molar refractivity (Wildman–Crippen MR) is 120 cm³/mol. The van der Waals surface area contributed by atoms with Crippen LogP contribution in [0.5, 0.6) is 10.9 Å². The number of hydrogen-bond donors (Lipinski definition) is 0. The summed E-state index contributed by atoms with van der Waals surface area (Å²) in [5.74, 6) is 1.09. The van der Waals surface area contributed by atoms with E-state index in [2.05, 4.69) is 21.5 Å². The third-order valence-corrected chi connectivity index (χ3v) is 6.46. The Bertz CT molecular complexity index is 1040. The molecule has 0 bridgehead atoms. The fourth-order valence-corrected chi connectivity index (χ4v) is 4.64. The summed E-state index contributed by atoms with van der Waals surface area (Å²) >= 11 is 1.24. The summed E-state index contributed by atoms with van der Waals surface area (Å²) in [6.07, 6.45) is 2.52. The van der Waals surface area contributed by atoms with Crippen LogP contribution in [0.3, 0.4) is 0 Å². The smallest absolute Gasteiger partial charge is 0.298 e. The largest absolute Gasteiger partial charge is 0.430 e. The van der Waals surface area contributed by atoms with Gasteiger partial charge in [-0.05, 0) is 23.3 Å². The molecule has 2 aromatic carbocycles. The Balaban J connectivity index is 1.12. The van der Waals surface area contributed by atoms with E-state index in [4.69, 9.17) is 14.2 Å². The van der Waals surface area contributed by atoms with Crippen LogP contribution < -0.4 is 4.74 Å². The van der Waals surface area contributed by atoms with Crippen LogP contribution in [0.4, 0.5) is 0 Å². The van der Waals surface area contributed by atoms with Gasteiger partial charge in [0.2, 0.25) is 5.91 Å². The Morgan fingerprint density at radius 1 is 1.00 bits per heavy atom. The second-order valence-corrected chi connectivity index (χ2v) is 8.76. The zero-order chi connectivity index (χ0) is 21.8. The van der Waals surface area contributed by atoms with Crippen LogP contribution in [-0.2, 0) is 27.1 Å².